The molecule has 1 aromatic heterocycles. The van der Waals surface area contributed by atoms with Crippen molar-refractivity contribution >= 4 is 40.3 Å². The maximum absolute atomic E-state index is 15.5. The minimum absolute atomic E-state index is 0.0353. The lowest BCUT2D eigenvalue weighted by Gasteiger charge is -2.34. The van der Waals surface area contributed by atoms with E-state index in [9.17, 15) is 19.2 Å². The minimum atomic E-state index is -0.896. The molecule has 252 valence electrons. The lowest BCUT2D eigenvalue weighted by molar-refractivity contribution is -0.137. The van der Waals surface area contributed by atoms with E-state index >= 15 is 4.39 Å². The Kier molecular flexibility index (Phi) is 11.1. The Bertz CT molecular complexity index is 1590. The maximum Gasteiger partial charge on any atom is 0.255 e. The fourth-order valence-electron chi connectivity index (χ4n) is 6.37. The van der Waals surface area contributed by atoms with Crippen molar-refractivity contribution in [2.24, 2.45) is 5.92 Å². The van der Waals surface area contributed by atoms with Gasteiger partial charge in [0.05, 0.1) is 18.4 Å². The van der Waals surface area contributed by atoms with Crippen molar-refractivity contribution < 1.29 is 32.7 Å². The number of nitrogens with one attached hydrogen (secondary N) is 3. The molecule has 47 heavy (non-hydrogen) atoms. The van der Waals surface area contributed by atoms with Crippen LogP contribution in [0.2, 0.25) is 0 Å². The van der Waals surface area contributed by atoms with Crippen LogP contribution in [0, 0.1) is 11.7 Å². The first-order valence-electron chi connectivity index (χ1n) is 16.4. The van der Waals surface area contributed by atoms with Crippen LogP contribution in [-0.2, 0) is 20.8 Å². The average Bonchev–Trinajstić information content (AvgIpc) is 3.51. The molecular formula is C35H44FN5O6. The van der Waals surface area contributed by atoms with Crippen LogP contribution < -0.4 is 20.7 Å². The summed E-state index contributed by atoms with van der Waals surface area (Å²) >= 11 is 0. The molecule has 2 heterocycles. The van der Waals surface area contributed by atoms with Crippen molar-refractivity contribution in [3.05, 3.63) is 59.6 Å². The van der Waals surface area contributed by atoms with E-state index in [2.05, 4.69) is 20.9 Å². The zero-order valence-corrected chi connectivity index (χ0v) is 27.3. The highest BCUT2D eigenvalue weighted by atomic mass is 19.1. The van der Waals surface area contributed by atoms with Gasteiger partial charge in [0.15, 0.2) is 0 Å². The molecule has 4 amide bonds. The molecule has 0 spiro atoms. The number of fused-ring (bicyclic) bond motifs is 1. The largest absolute Gasteiger partial charge is 0.497 e. The third-order valence-electron chi connectivity index (χ3n) is 9.22. The van der Waals surface area contributed by atoms with Crippen LogP contribution in [0.3, 0.4) is 0 Å². The van der Waals surface area contributed by atoms with Crippen LogP contribution in [0.1, 0.15) is 61.4 Å². The van der Waals surface area contributed by atoms with E-state index in [4.69, 9.17) is 9.15 Å². The highest BCUT2D eigenvalue weighted by Gasteiger charge is 2.33. The van der Waals surface area contributed by atoms with Crippen LogP contribution in [0.15, 0.2) is 47.1 Å². The summed E-state index contributed by atoms with van der Waals surface area (Å²) in [5.74, 6) is -1.68. The van der Waals surface area contributed by atoms with Crippen LogP contribution >= 0.6 is 0 Å². The zero-order valence-electron chi connectivity index (χ0n) is 27.3. The number of likely N-dealkylation sites (N-methyl/N-ethyl adjacent to an activating group) is 1. The fraction of sp³-hybridized carbons (Fsp3) is 0.486. The predicted molar refractivity (Wildman–Crippen MR) is 176 cm³/mol. The van der Waals surface area contributed by atoms with Gasteiger partial charge in [-0.2, -0.15) is 0 Å². The minimum Gasteiger partial charge on any atom is -0.497 e. The molecular weight excluding hydrogens is 605 g/mol. The zero-order chi connectivity index (χ0) is 33.5. The Hall–Kier alpha value is -4.45. The third kappa shape index (κ3) is 8.29. The first kappa shape index (κ1) is 33.9. The molecule has 3 aromatic rings. The number of halogens is 1. The number of furan rings is 1. The van der Waals surface area contributed by atoms with E-state index in [1.807, 2.05) is 7.05 Å². The molecule has 1 aliphatic carbocycles. The second-order valence-corrected chi connectivity index (χ2v) is 12.5. The second-order valence-electron chi connectivity index (χ2n) is 12.5. The van der Waals surface area contributed by atoms with Crippen molar-refractivity contribution in [3.63, 3.8) is 0 Å². The predicted octanol–water partition coefficient (Wildman–Crippen LogP) is 4.11. The molecule has 11 nitrogen and oxygen atoms in total. The van der Waals surface area contributed by atoms with Gasteiger partial charge in [0.25, 0.3) is 5.91 Å². The molecule has 1 saturated carbocycles. The van der Waals surface area contributed by atoms with Gasteiger partial charge in [0.1, 0.15) is 35.5 Å². The van der Waals surface area contributed by atoms with Gasteiger partial charge >= 0.3 is 0 Å². The average molecular weight is 650 g/mol. The van der Waals surface area contributed by atoms with Gasteiger partial charge in [-0.3, -0.25) is 19.2 Å². The third-order valence-corrected chi connectivity index (χ3v) is 9.22. The first-order valence-corrected chi connectivity index (χ1v) is 16.4. The highest BCUT2D eigenvalue weighted by molar-refractivity contribution is 6.08. The van der Waals surface area contributed by atoms with Crippen LogP contribution in [-0.4, -0.2) is 85.8 Å². The monoisotopic (exact) mass is 649 g/mol. The molecule has 0 radical (unpaired) electrons. The normalized spacial score (nSPS) is 17.1. The lowest BCUT2D eigenvalue weighted by Crippen LogP contribution is -2.54. The number of ether oxygens (including phenoxy) is 1. The van der Waals surface area contributed by atoms with E-state index in [-0.39, 0.29) is 41.8 Å². The summed E-state index contributed by atoms with van der Waals surface area (Å²) in [6, 6.07) is 7.79. The molecule has 3 N–H and O–H groups in total. The van der Waals surface area contributed by atoms with E-state index in [0.717, 1.165) is 45.2 Å². The maximum atomic E-state index is 15.5. The number of piperazine rings is 1. The summed E-state index contributed by atoms with van der Waals surface area (Å²) in [6.45, 7) is 4.28. The van der Waals surface area contributed by atoms with Crippen LogP contribution in [0.5, 0.6) is 5.75 Å². The Labute approximate surface area is 274 Å². The second kappa shape index (κ2) is 15.4. The van der Waals surface area contributed by atoms with Gasteiger partial charge in [-0.25, -0.2) is 4.39 Å². The number of nitrogens with zero attached hydrogens (tertiary/aromatic N) is 2. The molecule has 0 bridgehead atoms. The molecule has 1 aliphatic heterocycles. The summed E-state index contributed by atoms with van der Waals surface area (Å²) in [5, 5.41) is 8.96. The van der Waals surface area contributed by atoms with Crippen molar-refractivity contribution in [1.82, 2.24) is 20.4 Å². The molecule has 0 unspecified atom stereocenters. The number of carbonyl (C=O) groups is 4. The smallest absolute Gasteiger partial charge is 0.255 e. The number of anilines is 1. The van der Waals surface area contributed by atoms with Crippen molar-refractivity contribution in [2.75, 3.05) is 45.7 Å². The van der Waals surface area contributed by atoms with Crippen molar-refractivity contribution in [1.29, 1.82) is 0 Å². The summed E-state index contributed by atoms with van der Waals surface area (Å²) in [5.41, 5.74) is 1.26. The SMILES string of the molecule is CCC(=O)N[C@H](Cc1ccc(NC(=O)[C@@H](NC(=O)c2coc3ccc(OC)cc23)C2CCCCC2)c(F)c1)C(=O)N1CCN(C)CC1. The number of methoxy groups -OCH3 is 1. The molecule has 12 heteroatoms. The van der Waals surface area contributed by atoms with E-state index in [1.54, 1.807) is 36.1 Å². The van der Waals surface area contributed by atoms with Crippen molar-refractivity contribution in [2.45, 2.75) is 64.0 Å². The standard InChI is InChI=1S/C35H44FN5O6/c1-4-31(42)37-29(35(45)41-16-14-40(2)15-17-41)19-22-10-12-28(27(36)18-22)38-34(44)32(23-8-6-5-7-9-23)39-33(43)26-21-47-30-13-11-24(46-3)20-25(26)30/h10-13,18,20-21,23,29,32H,4-9,14-17,19H2,1-3H3,(H,37,42)(H,38,44)(H,39,43)/t29-,32+/m1/s1. The van der Waals surface area contributed by atoms with E-state index in [1.165, 1.54) is 25.5 Å². The van der Waals surface area contributed by atoms with Gasteiger partial charge in [0, 0.05) is 44.4 Å². The molecule has 2 atom stereocenters. The quantitative estimate of drug-likeness (QED) is 0.285. The topological polar surface area (TPSA) is 133 Å². The number of benzene rings is 2. The lowest BCUT2D eigenvalue weighted by atomic mass is 9.83. The molecule has 1 saturated heterocycles. The number of hydrogen-bond acceptors (Lipinski definition) is 7. The number of hydrogen-bond donors (Lipinski definition) is 3. The summed E-state index contributed by atoms with van der Waals surface area (Å²) in [4.78, 5) is 56.7. The number of carbonyl (C=O) groups excluding carboxylic acids is 4. The first-order chi connectivity index (χ1) is 22.7. The summed E-state index contributed by atoms with van der Waals surface area (Å²) < 4.78 is 26.4. The van der Waals surface area contributed by atoms with E-state index in [0.29, 0.717) is 35.4 Å². The van der Waals surface area contributed by atoms with Gasteiger partial charge < -0.3 is 34.9 Å². The molecule has 5 rings (SSSR count). The van der Waals surface area contributed by atoms with E-state index < -0.39 is 29.7 Å². The number of rotatable bonds is 11. The van der Waals surface area contributed by atoms with Crippen molar-refractivity contribution in [3.8, 4) is 5.75 Å². The van der Waals surface area contributed by atoms with Crippen LogP contribution in [0.4, 0.5) is 10.1 Å². The van der Waals surface area contributed by atoms with Gasteiger partial charge in [-0.15, -0.1) is 0 Å². The Morgan fingerprint density at radius 1 is 1.00 bits per heavy atom. The summed E-state index contributed by atoms with van der Waals surface area (Å²) in [7, 11) is 3.53. The van der Waals surface area contributed by atoms with Gasteiger partial charge in [-0.05, 0) is 61.7 Å². The molecule has 2 aliphatic rings. The molecule has 2 aromatic carbocycles. The number of amides is 4. The Morgan fingerprint density at radius 2 is 1.74 bits per heavy atom. The highest BCUT2D eigenvalue weighted by Crippen LogP contribution is 2.30. The van der Waals surface area contributed by atoms with Crippen LogP contribution in [0.25, 0.3) is 11.0 Å². The Balaban J connectivity index is 1.31. The van der Waals surface area contributed by atoms with Gasteiger partial charge in [-0.1, -0.05) is 32.3 Å². The summed E-state index contributed by atoms with van der Waals surface area (Å²) in [6.07, 6.45) is 6.11. The van der Waals surface area contributed by atoms with Gasteiger partial charge in [0.2, 0.25) is 17.7 Å². The Morgan fingerprint density at radius 3 is 2.43 bits per heavy atom. The fourth-order valence-corrected chi connectivity index (χ4v) is 6.37. The molecule has 2 fully saturated rings.